The summed E-state index contributed by atoms with van der Waals surface area (Å²) in [4.78, 5) is 18.1. The maximum absolute atomic E-state index is 12.4. The Hall–Kier alpha value is -2.28. The molecule has 3 N–H and O–H groups in total. The number of nitro benzene ring substituents is 1. The first-order valence-corrected chi connectivity index (χ1v) is 10.0. The van der Waals surface area contributed by atoms with E-state index in [0.717, 1.165) is 29.5 Å². The summed E-state index contributed by atoms with van der Waals surface area (Å²) in [6, 6.07) is 3.14. The number of nitrogens with one attached hydrogen (secondary N) is 1. The van der Waals surface area contributed by atoms with Crippen molar-refractivity contribution in [3.63, 3.8) is 0 Å². The molecule has 0 saturated heterocycles. The van der Waals surface area contributed by atoms with Crippen LogP contribution in [-0.4, -0.2) is 23.3 Å². The number of nitro groups is 1. The second kappa shape index (κ2) is 6.55. The van der Waals surface area contributed by atoms with Crippen LogP contribution in [0.1, 0.15) is 0 Å². The number of halogens is 1. The Bertz CT molecular complexity index is 1060. The minimum Gasteiger partial charge on any atom is -0.375 e. The van der Waals surface area contributed by atoms with E-state index in [1.54, 1.807) is 10.8 Å². The maximum Gasteiger partial charge on any atom is 0.287 e. The molecule has 9 nitrogen and oxygen atoms in total. The molecule has 0 saturated carbocycles. The third-order valence-corrected chi connectivity index (χ3v) is 6.14. The fraction of sp³-hybridized carbons (Fsp3) is 0. The lowest BCUT2D eigenvalue weighted by molar-refractivity contribution is -0.384. The van der Waals surface area contributed by atoms with Crippen molar-refractivity contribution in [3.05, 3.63) is 44.1 Å². The number of nitrogens with two attached hydrogens (primary N) is 1. The van der Waals surface area contributed by atoms with E-state index in [4.69, 9.17) is 17.3 Å². The molecule has 3 rings (SSSR count). The monoisotopic (exact) mass is 417 g/mol. The Morgan fingerprint density at radius 3 is 2.48 bits per heavy atom. The van der Waals surface area contributed by atoms with Crippen LogP contribution in [0.2, 0.25) is 5.02 Å². The van der Waals surface area contributed by atoms with Gasteiger partial charge in [-0.3, -0.25) is 14.8 Å². The zero-order valence-electron chi connectivity index (χ0n) is 12.0. The Morgan fingerprint density at radius 2 is 1.88 bits per heavy atom. The first-order chi connectivity index (χ1) is 11.8. The summed E-state index contributed by atoms with van der Waals surface area (Å²) in [6.07, 6.45) is 0. The summed E-state index contributed by atoms with van der Waals surface area (Å²) in [5.74, 6) is 0. The van der Waals surface area contributed by atoms with Crippen LogP contribution in [0.25, 0.3) is 11.4 Å². The largest absolute Gasteiger partial charge is 0.375 e. The van der Waals surface area contributed by atoms with E-state index in [2.05, 4.69) is 14.7 Å². The molecule has 2 aromatic heterocycles. The fourth-order valence-corrected chi connectivity index (χ4v) is 4.67. The molecule has 2 heterocycles. The van der Waals surface area contributed by atoms with Crippen molar-refractivity contribution >= 4 is 60.2 Å². The SMILES string of the molecule is Nc1nc(-c2csc(NS(=O)(=O)c3ccc([N+](=O)[O-])c(Cl)c3)n2)cs1. The van der Waals surface area contributed by atoms with Crippen LogP contribution in [0.15, 0.2) is 33.9 Å². The fourth-order valence-electron chi connectivity index (χ4n) is 1.82. The predicted octanol–water partition coefficient (Wildman–Crippen LogP) is 3.21. The van der Waals surface area contributed by atoms with Gasteiger partial charge in [-0.1, -0.05) is 11.6 Å². The molecule has 0 aliphatic heterocycles. The van der Waals surface area contributed by atoms with E-state index in [1.807, 2.05) is 0 Å². The van der Waals surface area contributed by atoms with Crippen LogP contribution in [-0.2, 0) is 10.0 Å². The van der Waals surface area contributed by atoms with Gasteiger partial charge in [0.2, 0.25) is 0 Å². The van der Waals surface area contributed by atoms with Crippen molar-refractivity contribution in [1.82, 2.24) is 9.97 Å². The second-order valence-electron chi connectivity index (χ2n) is 4.58. The highest BCUT2D eigenvalue weighted by atomic mass is 35.5. The molecule has 0 aliphatic rings. The number of anilines is 2. The van der Waals surface area contributed by atoms with Gasteiger partial charge >= 0.3 is 0 Å². The zero-order chi connectivity index (χ0) is 18.2. The number of hydrogen-bond donors (Lipinski definition) is 2. The van der Waals surface area contributed by atoms with Gasteiger partial charge in [-0.25, -0.2) is 18.4 Å². The number of nitrogen functional groups attached to an aromatic ring is 1. The van der Waals surface area contributed by atoms with E-state index in [0.29, 0.717) is 16.5 Å². The molecule has 0 atom stereocenters. The van der Waals surface area contributed by atoms with Crippen LogP contribution in [0.5, 0.6) is 0 Å². The molecule has 0 spiro atoms. The van der Waals surface area contributed by atoms with Gasteiger partial charge in [0.1, 0.15) is 16.4 Å². The highest BCUT2D eigenvalue weighted by Crippen LogP contribution is 2.30. The van der Waals surface area contributed by atoms with Crippen molar-refractivity contribution < 1.29 is 13.3 Å². The first kappa shape index (κ1) is 17.5. The van der Waals surface area contributed by atoms with E-state index >= 15 is 0 Å². The van der Waals surface area contributed by atoms with Gasteiger partial charge in [-0.05, 0) is 12.1 Å². The molecular weight excluding hydrogens is 410 g/mol. The summed E-state index contributed by atoms with van der Waals surface area (Å²) >= 11 is 8.07. The molecule has 0 unspecified atom stereocenters. The molecule has 130 valence electrons. The smallest absolute Gasteiger partial charge is 0.287 e. The average molecular weight is 418 g/mol. The van der Waals surface area contributed by atoms with E-state index in [1.165, 1.54) is 11.3 Å². The summed E-state index contributed by atoms with van der Waals surface area (Å²) < 4.78 is 27.1. The van der Waals surface area contributed by atoms with Crippen molar-refractivity contribution in [2.24, 2.45) is 0 Å². The minimum atomic E-state index is -3.99. The molecular formula is C12H8ClN5O4S3. The zero-order valence-corrected chi connectivity index (χ0v) is 15.2. The van der Waals surface area contributed by atoms with Crippen molar-refractivity contribution in [2.75, 3.05) is 10.5 Å². The lowest BCUT2D eigenvalue weighted by Crippen LogP contribution is -2.13. The van der Waals surface area contributed by atoms with Gasteiger partial charge in [0.15, 0.2) is 10.3 Å². The summed E-state index contributed by atoms with van der Waals surface area (Å²) in [5.41, 5.74) is 6.21. The topological polar surface area (TPSA) is 141 Å². The molecule has 0 bridgehead atoms. The number of rotatable bonds is 5. The third-order valence-electron chi connectivity index (χ3n) is 2.94. The summed E-state index contributed by atoms with van der Waals surface area (Å²) in [7, 11) is -3.99. The lowest BCUT2D eigenvalue weighted by Gasteiger charge is -2.05. The van der Waals surface area contributed by atoms with Crippen LogP contribution < -0.4 is 10.5 Å². The standard InChI is InChI=1S/C12H8ClN5O4S3/c13-7-3-6(1-2-10(7)18(19)20)25(21,22)17-12-16-9(5-24-12)8-4-23-11(14)15-8/h1-5H,(H2,14,15)(H,16,17). The van der Waals surface area contributed by atoms with E-state index < -0.39 is 14.9 Å². The van der Waals surface area contributed by atoms with E-state index in [9.17, 15) is 18.5 Å². The number of benzene rings is 1. The third kappa shape index (κ3) is 3.71. The highest BCUT2D eigenvalue weighted by Gasteiger charge is 2.21. The normalized spacial score (nSPS) is 11.4. The average Bonchev–Trinajstić information content (AvgIpc) is 3.15. The number of nitrogens with zero attached hydrogens (tertiary/aromatic N) is 3. The predicted molar refractivity (Wildman–Crippen MR) is 96.5 cm³/mol. The molecule has 0 amide bonds. The number of thiazole rings is 2. The van der Waals surface area contributed by atoms with Crippen LogP contribution >= 0.6 is 34.3 Å². The van der Waals surface area contributed by atoms with Crippen LogP contribution in [0.3, 0.4) is 0 Å². The van der Waals surface area contributed by atoms with Crippen LogP contribution in [0.4, 0.5) is 16.0 Å². The Balaban J connectivity index is 1.86. The Labute approximate surface area is 154 Å². The maximum atomic E-state index is 12.4. The molecule has 25 heavy (non-hydrogen) atoms. The van der Waals surface area contributed by atoms with Gasteiger partial charge in [-0.15, -0.1) is 22.7 Å². The Kier molecular flexibility index (Phi) is 4.60. The van der Waals surface area contributed by atoms with Crippen molar-refractivity contribution in [1.29, 1.82) is 0 Å². The molecule has 0 aliphatic carbocycles. The number of aromatic nitrogens is 2. The molecule has 1 aromatic carbocycles. The molecule has 3 aromatic rings. The molecule has 0 fully saturated rings. The van der Waals surface area contributed by atoms with Crippen molar-refractivity contribution in [3.8, 4) is 11.4 Å². The molecule has 0 radical (unpaired) electrons. The van der Waals surface area contributed by atoms with Gasteiger partial charge in [-0.2, -0.15) is 0 Å². The molecule has 13 heteroatoms. The number of sulfonamides is 1. The minimum absolute atomic E-state index is 0.121. The van der Waals surface area contributed by atoms with Crippen LogP contribution in [0, 0.1) is 10.1 Å². The number of hydrogen-bond acceptors (Lipinski definition) is 9. The van der Waals surface area contributed by atoms with E-state index in [-0.39, 0.29) is 20.7 Å². The van der Waals surface area contributed by atoms with Gasteiger partial charge in [0.05, 0.1) is 9.82 Å². The van der Waals surface area contributed by atoms with Gasteiger partial charge in [0.25, 0.3) is 15.7 Å². The second-order valence-corrected chi connectivity index (χ2v) is 8.42. The Morgan fingerprint density at radius 1 is 1.20 bits per heavy atom. The van der Waals surface area contributed by atoms with Gasteiger partial charge in [0, 0.05) is 16.8 Å². The summed E-state index contributed by atoms with van der Waals surface area (Å²) in [5, 5.41) is 14.3. The highest BCUT2D eigenvalue weighted by molar-refractivity contribution is 7.93. The van der Waals surface area contributed by atoms with Gasteiger partial charge < -0.3 is 5.73 Å². The lowest BCUT2D eigenvalue weighted by atomic mass is 10.3. The summed E-state index contributed by atoms with van der Waals surface area (Å²) in [6.45, 7) is 0. The van der Waals surface area contributed by atoms with Crippen molar-refractivity contribution in [2.45, 2.75) is 4.90 Å². The quantitative estimate of drug-likeness (QED) is 0.479. The first-order valence-electron chi connectivity index (χ1n) is 6.40.